The van der Waals surface area contributed by atoms with Crippen molar-refractivity contribution in [1.29, 1.82) is 0 Å². The molecular formula is C8H17NO2. The van der Waals surface area contributed by atoms with Crippen LogP contribution in [0.3, 0.4) is 0 Å². The summed E-state index contributed by atoms with van der Waals surface area (Å²) in [6.07, 6.45) is 3.37. The number of carbonyl (C=O) groups excluding carboxylic acids is 2. The van der Waals surface area contributed by atoms with E-state index in [1.807, 2.05) is 26.0 Å². The second-order valence-electron chi connectivity index (χ2n) is 2.61. The zero-order valence-electron chi connectivity index (χ0n) is 7.54. The summed E-state index contributed by atoms with van der Waals surface area (Å²) in [5.41, 5.74) is 0. The summed E-state index contributed by atoms with van der Waals surface area (Å²) in [5.74, 6) is 0. The molecule has 0 saturated carbocycles. The van der Waals surface area contributed by atoms with Crippen LogP contribution in [0.1, 0.15) is 19.3 Å². The highest BCUT2D eigenvalue weighted by Gasteiger charge is 1.80. The van der Waals surface area contributed by atoms with Crippen molar-refractivity contribution in [2.75, 3.05) is 21.1 Å². The zero-order chi connectivity index (χ0) is 9.11. The van der Waals surface area contributed by atoms with Crippen LogP contribution in [0.15, 0.2) is 0 Å². The molecule has 0 aliphatic carbocycles. The zero-order valence-corrected chi connectivity index (χ0v) is 7.54. The summed E-state index contributed by atoms with van der Waals surface area (Å²) < 4.78 is 0. The van der Waals surface area contributed by atoms with E-state index in [9.17, 15) is 9.59 Å². The van der Waals surface area contributed by atoms with Crippen LogP contribution in [0, 0.1) is 0 Å². The van der Waals surface area contributed by atoms with E-state index < -0.39 is 0 Å². The lowest BCUT2D eigenvalue weighted by Gasteiger charge is -1.90. The van der Waals surface area contributed by atoms with E-state index in [2.05, 4.69) is 0 Å². The van der Waals surface area contributed by atoms with Crippen LogP contribution < -0.4 is 0 Å². The van der Waals surface area contributed by atoms with Gasteiger partial charge >= 0.3 is 0 Å². The van der Waals surface area contributed by atoms with E-state index in [4.69, 9.17) is 0 Å². The first-order chi connectivity index (χ1) is 5.15. The van der Waals surface area contributed by atoms with Crippen LogP contribution in [-0.2, 0) is 9.59 Å². The Balaban J connectivity index is 0. The van der Waals surface area contributed by atoms with E-state index in [1.54, 1.807) is 0 Å². The molecule has 0 aliphatic heterocycles. The Kier molecular flexibility index (Phi) is 14.1. The number of nitrogens with zero attached hydrogens (tertiary/aromatic N) is 1. The molecule has 0 rings (SSSR count). The molecule has 0 aromatic heterocycles. The summed E-state index contributed by atoms with van der Waals surface area (Å²) >= 11 is 0. The summed E-state index contributed by atoms with van der Waals surface area (Å²) in [5, 5.41) is 0. The number of rotatable bonds is 4. The molecule has 0 aromatic carbocycles. The van der Waals surface area contributed by atoms with Crippen LogP contribution >= 0.6 is 0 Å². The molecule has 0 aromatic rings. The van der Waals surface area contributed by atoms with Gasteiger partial charge in [0, 0.05) is 12.8 Å². The van der Waals surface area contributed by atoms with Crippen molar-refractivity contribution in [1.82, 2.24) is 4.90 Å². The number of hydrogen-bond donors (Lipinski definition) is 0. The molecule has 0 atom stereocenters. The SMILES string of the molecule is CN(C)C.O=CCCCC=O. The van der Waals surface area contributed by atoms with Crippen molar-refractivity contribution >= 4 is 12.6 Å². The van der Waals surface area contributed by atoms with Crippen LogP contribution in [0.4, 0.5) is 0 Å². The average Bonchev–Trinajstić information content (AvgIpc) is 1.88. The summed E-state index contributed by atoms with van der Waals surface area (Å²) in [6, 6.07) is 0. The Hall–Kier alpha value is -0.700. The van der Waals surface area contributed by atoms with Crippen molar-refractivity contribution in [2.24, 2.45) is 0 Å². The Morgan fingerprint density at radius 3 is 1.45 bits per heavy atom. The molecule has 0 saturated heterocycles. The van der Waals surface area contributed by atoms with Gasteiger partial charge in [-0.1, -0.05) is 0 Å². The Labute approximate surface area is 68.4 Å². The van der Waals surface area contributed by atoms with Gasteiger partial charge in [0.15, 0.2) is 0 Å². The summed E-state index contributed by atoms with van der Waals surface area (Å²) in [7, 11) is 6.00. The lowest BCUT2D eigenvalue weighted by Crippen LogP contribution is -1.99. The molecular weight excluding hydrogens is 142 g/mol. The summed E-state index contributed by atoms with van der Waals surface area (Å²) in [6.45, 7) is 0. The highest BCUT2D eigenvalue weighted by atomic mass is 16.1. The fraction of sp³-hybridized carbons (Fsp3) is 0.750. The molecule has 66 valence electrons. The maximum Gasteiger partial charge on any atom is 0.120 e. The second kappa shape index (κ2) is 12.0. The minimum atomic E-state index is 0.513. The number of unbranched alkanes of at least 4 members (excludes halogenated alkanes) is 2. The molecule has 0 spiro atoms. The van der Waals surface area contributed by atoms with Gasteiger partial charge in [0.05, 0.1) is 0 Å². The Morgan fingerprint density at radius 1 is 1.00 bits per heavy atom. The molecule has 0 aliphatic rings. The number of aldehydes is 2. The predicted octanol–water partition coefficient (Wildman–Crippen LogP) is 0.732. The monoisotopic (exact) mass is 159 g/mol. The van der Waals surface area contributed by atoms with Crippen LogP contribution in [0.25, 0.3) is 0 Å². The van der Waals surface area contributed by atoms with E-state index in [1.165, 1.54) is 0 Å². The highest BCUT2D eigenvalue weighted by Crippen LogP contribution is 1.85. The first-order valence-electron chi connectivity index (χ1n) is 3.63. The van der Waals surface area contributed by atoms with E-state index in [-0.39, 0.29) is 0 Å². The van der Waals surface area contributed by atoms with E-state index in [0.29, 0.717) is 19.3 Å². The number of hydrogen-bond acceptors (Lipinski definition) is 3. The van der Waals surface area contributed by atoms with Gasteiger partial charge in [0.1, 0.15) is 12.6 Å². The topological polar surface area (TPSA) is 37.4 Å². The minimum absolute atomic E-state index is 0.513. The predicted molar refractivity (Wildman–Crippen MR) is 45.6 cm³/mol. The third-order valence-electron chi connectivity index (χ3n) is 0.644. The van der Waals surface area contributed by atoms with Gasteiger partial charge in [-0.25, -0.2) is 0 Å². The second-order valence-corrected chi connectivity index (χ2v) is 2.61. The molecule has 0 fully saturated rings. The first-order valence-corrected chi connectivity index (χ1v) is 3.63. The lowest BCUT2D eigenvalue weighted by molar-refractivity contribution is -0.108. The van der Waals surface area contributed by atoms with Gasteiger partial charge in [-0.05, 0) is 27.6 Å². The van der Waals surface area contributed by atoms with Gasteiger partial charge in [0.25, 0.3) is 0 Å². The summed E-state index contributed by atoms with van der Waals surface area (Å²) in [4.78, 5) is 21.1. The average molecular weight is 159 g/mol. The standard InChI is InChI=1S/C5H8O2.C3H9N/c6-4-2-1-3-5-7;1-4(2)3/h4-5H,1-3H2;1-3H3. The molecule has 0 N–H and O–H groups in total. The van der Waals surface area contributed by atoms with Crippen molar-refractivity contribution in [3.05, 3.63) is 0 Å². The lowest BCUT2D eigenvalue weighted by atomic mass is 10.3. The van der Waals surface area contributed by atoms with Crippen molar-refractivity contribution in [2.45, 2.75) is 19.3 Å². The van der Waals surface area contributed by atoms with Gasteiger partial charge in [0.2, 0.25) is 0 Å². The van der Waals surface area contributed by atoms with Crippen molar-refractivity contribution in [3.8, 4) is 0 Å². The smallest absolute Gasteiger partial charge is 0.120 e. The van der Waals surface area contributed by atoms with Gasteiger partial charge in [-0.2, -0.15) is 0 Å². The molecule has 0 heterocycles. The molecule has 3 nitrogen and oxygen atoms in total. The third kappa shape index (κ3) is 45.5. The minimum Gasteiger partial charge on any atom is -0.312 e. The van der Waals surface area contributed by atoms with Crippen LogP contribution in [0.5, 0.6) is 0 Å². The van der Waals surface area contributed by atoms with E-state index >= 15 is 0 Å². The highest BCUT2D eigenvalue weighted by molar-refractivity contribution is 5.52. The molecule has 0 unspecified atom stereocenters. The number of carbonyl (C=O) groups is 2. The van der Waals surface area contributed by atoms with Crippen LogP contribution in [-0.4, -0.2) is 38.6 Å². The quantitative estimate of drug-likeness (QED) is 0.448. The molecule has 3 heteroatoms. The Morgan fingerprint density at radius 2 is 1.27 bits per heavy atom. The van der Waals surface area contributed by atoms with Crippen molar-refractivity contribution in [3.63, 3.8) is 0 Å². The van der Waals surface area contributed by atoms with Crippen molar-refractivity contribution < 1.29 is 9.59 Å². The normalized spacial score (nSPS) is 8.36. The molecule has 0 bridgehead atoms. The van der Waals surface area contributed by atoms with Gasteiger partial charge in [-0.15, -0.1) is 0 Å². The third-order valence-corrected chi connectivity index (χ3v) is 0.644. The molecule has 0 amide bonds. The van der Waals surface area contributed by atoms with Gasteiger partial charge in [-0.3, -0.25) is 0 Å². The maximum atomic E-state index is 9.56. The van der Waals surface area contributed by atoms with E-state index in [0.717, 1.165) is 12.6 Å². The Bertz CT molecular complexity index is 81.3. The first kappa shape index (κ1) is 12.9. The fourth-order valence-electron chi connectivity index (χ4n) is 0.285. The van der Waals surface area contributed by atoms with Crippen LogP contribution in [0.2, 0.25) is 0 Å². The fourth-order valence-corrected chi connectivity index (χ4v) is 0.285. The van der Waals surface area contributed by atoms with Gasteiger partial charge < -0.3 is 14.5 Å². The molecule has 11 heavy (non-hydrogen) atoms. The largest absolute Gasteiger partial charge is 0.312 e. The maximum absolute atomic E-state index is 9.56. The molecule has 0 radical (unpaired) electrons.